The lowest BCUT2D eigenvalue weighted by atomic mass is 9.73. The summed E-state index contributed by atoms with van der Waals surface area (Å²) < 4.78 is 32.1. The minimum Gasteiger partial charge on any atom is -0.369 e. The Morgan fingerprint density at radius 3 is 2.53 bits per heavy atom. The van der Waals surface area contributed by atoms with Crippen molar-refractivity contribution < 1.29 is 8.78 Å². The molecule has 2 aliphatic rings. The maximum atomic E-state index is 14.2. The number of hydrogen-bond donors (Lipinski definition) is 0. The molecule has 3 aromatic heterocycles. The van der Waals surface area contributed by atoms with Crippen LogP contribution >= 0.6 is 0 Å². The number of hydrogen-bond acceptors (Lipinski definition) is 6. The summed E-state index contributed by atoms with van der Waals surface area (Å²) in [4.78, 5) is 8.88. The fourth-order valence-corrected chi connectivity index (χ4v) is 5.52. The zero-order valence-electron chi connectivity index (χ0n) is 20.9. The van der Waals surface area contributed by atoms with Crippen LogP contribution in [0.4, 0.5) is 14.5 Å². The van der Waals surface area contributed by atoms with Crippen molar-refractivity contribution in [3.8, 4) is 6.07 Å². The highest BCUT2D eigenvalue weighted by atomic mass is 19.1. The third-order valence-electron chi connectivity index (χ3n) is 7.58. The van der Waals surface area contributed by atoms with Gasteiger partial charge in [0.1, 0.15) is 17.7 Å². The fourth-order valence-electron chi connectivity index (χ4n) is 5.52. The summed E-state index contributed by atoms with van der Waals surface area (Å²) in [5.74, 6) is -1.02. The van der Waals surface area contributed by atoms with Gasteiger partial charge in [-0.05, 0) is 24.3 Å². The summed E-state index contributed by atoms with van der Waals surface area (Å²) in [5.41, 5.74) is 3.89. The van der Waals surface area contributed by atoms with Gasteiger partial charge in [0.15, 0.2) is 0 Å². The Labute approximate surface area is 219 Å². The number of fused-ring (bicyclic) bond motifs is 1. The quantitative estimate of drug-likeness (QED) is 0.407. The van der Waals surface area contributed by atoms with Crippen LogP contribution in [0, 0.1) is 23.0 Å². The first kappa shape index (κ1) is 24.0. The second-order valence-electron chi connectivity index (χ2n) is 9.78. The highest BCUT2D eigenvalue weighted by Gasteiger charge is 2.40. The van der Waals surface area contributed by atoms with E-state index in [1.807, 2.05) is 42.5 Å². The number of halogens is 2. The Hall–Kier alpha value is -4.36. The van der Waals surface area contributed by atoms with E-state index >= 15 is 0 Å². The maximum absolute atomic E-state index is 14.2. The number of pyridine rings is 1. The molecule has 4 aromatic rings. The number of benzene rings is 1. The highest BCUT2D eigenvalue weighted by molar-refractivity contribution is 5.66. The van der Waals surface area contributed by atoms with Gasteiger partial charge in [-0.25, -0.2) is 8.78 Å². The van der Waals surface area contributed by atoms with E-state index in [4.69, 9.17) is 0 Å². The summed E-state index contributed by atoms with van der Waals surface area (Å²) in [5, 5.41) is 18.4. The Morgan fingerprint density at radius 1 is 1.03 bits per heavy atom. The zero-order chi connectivity index (χ0) is 26.3. The molecule has 8 nitrogen and oxygen atoms in total. The third-order valence-corrected chi connectivity index (χ3v) is 7.58. The molecule has 0 bridgehead atoms. The average Bonchev–Trinajstić information content (AvgIpc) is 3.57. The lowest BCUT2D eigenvalue weighted by Gasteiger charge is -2.40. The molecule has 192 valence electrons. The van der Waals surface area contributed by atoms with Crippen molar-refractivity contribution in [2.75, 3.05) is 31.1 Å². The number of allylic oxidation sites excluding steroid dienone is 1. The van der Waals surface area contributed by atoms with Crippen LogP contribution in [0.25, 0.3) is 6.08 Å². The summed E-state index contributed by atoms with van der Waals surface area (Å²) in [6.45, 7) is 3.47. The van der Waals surface area contributed by atoms with Crippen molar-refractivity contribution in [3.05, 3.63) is 101 Å². The van der Waals surface area contributed by atoms with Crippen molar-refractivity contribution in [2.45, 2.75) is 18.5 Å². The lowest BCUT2D eigenvalue weighted by molar-refractivity contribution is 0.242. The van der Waals surface area contributed by atoms with Gasteiger partial charge in [0.05, 0.1) is 35.6 Å². The SMILES string of the molecule is Cn1cc(C2(c3cnccc3N3CCN(Cc4c(F)cccc4F)CC3)C=Cc3c(C#N)cnn3C2)cn1. The van der Waals surface area contributed by atoms with Gasteiger partial charge in [-0.3, -0.25) is 19.2 Å². The van der Waals surface area contributed by atoms with Crippen LogP contribution in [0.2, 0.25) is 0 Å². The van der Waals surface area contributed by atoms with E-state index < -0.39 is 17.0 Å². The molecule has 0 saturated carbocycles. The van der Waals surface area contributed by atoms with Gasteiger partial charge in [-0.1, -0.05) is 12.1 Å². The molecular weight excluding hydrogens is 486 g/mol. The Bertz CT molecular complexity index is 1540. The molecule has 6 rings (SSSR count). The van der Waals surface area contributed by atoms with Crippen LogP contribution in [-0.4, -0.2) is 55.6 Å². The van der Waals surface area contributed by atoms with Crippen LogP contribution in [-0.2, 0) is 25.6 Å². The van der Waals surface area contributed by atoms with Gasteiger partial charge in [0.2, 0.25) is 0 Å². The topological polar surface area (TPSA) is 78.8 Å². The minimum atomic E-state index is -0.600. The van der Waals surface area contributed by atoms with Gasteiger partial charge in [-0.15, -0.1) is 0 Å². The van der Waals surface area contributed by atoms with Crippen molar-refractivity contribution in [2.24, 2.45) is 7.05 Å². The normalized spacial score (nSPS) is 19.4. The number of anilines is 1. The molecule has 2 aliphatic heterocycles. The standard InChI is InChI=1S/C28H26F2N8/c1-35-17-21(15-33-35)28(7-5-26-20(13-31)14-34-38(26)19-28)23-16-32-8-6-27(23)37-11-9-36(10-12-37)18-22-24(29)3-2-4-25(22)30/h2-8,14-17H,9-12,18-19H2,1H3. The van der Waals surface area contributed by atoms with Crippen molar-refractivity contribution in [1.82, 2.24) is 29.4 Å². The van der Waals surface area contributed by atoms with Gasteiger partial charge in [-0.2, -0.15) is 15.5 Å². The molecule has 0 radical (unpaired) electrons. The average molecular weight is 513 g/mol. The first-order chi connectivity index (χ1) is 18.5. The van der Waals surface area contributed by atoms with Gasteiger partial charge in [0, 0.05) is 80.7 Å². The van der Waals surface area contributed by atoms with Crippen molar-refractivity contribution >= 4 is 11.8 Å². The first-order valence-corrected chi connectivity index (χ1v) is 12.5. The summed E-state index contributed by atoms with van der Waals surface area (Å²) in [6.07, 6.45) is 13.2. The zero-order valence-corrected chi connectivity index (χ0v) is 20.9. The van der Waals surface area contributed by atoms with Gasteiger partial charge >= 0.3 is 0 Å². The predicted molar refractivity (Wildman–Crippen MR) is 138 cm³/mol. The molecule has 10 heteroatoms. The van der Waals surface area contributed by atoms with E-state index in [-0.39, 0.29) is 12.1 Å². The van der Waals surface area contributed by atoms with Crippen LogP contribution < -0.4 is 4.90 Å². The molecule has 1 unspecified atom stereocenters. The molecule has 0 N–H and O–H groups in total. The number of piperazine rings is 1. The monoisotopic (exact) mass is 512 g/mol. The summed E-state index contributed by atoms with van der Waals surface area (Å²) in [7, 11) is 1.89. The first-order valence-electron chi connectivity index (χ1n) is 12.5. The second kappa shape index (κ2) is 9.50. The predicted octanol–water partition coefficient (Wildman–Crippen LogP) is 3.50. The van der Waals surface area contributed by atoms with Gasteiger partial charge < -0.3 is 4.90 Å². The number of nitrogens with zero attached hydrogens (tertiary/aromatic N) is 8. The highest BCUT2D eigenvalue weighted by Crippen LogP contribution is 2.43. The van der Waals surface area contributed by atoms with E-state index in [1.54, 1.807) is 17.1 Å². The van der Waals surface area contributed by atoms with Crippen molar-refractivity contribution in [1.29, 1.82) is 5.26 Å². The van der Waals surface area contributed by atoms with E-state index in [9.17, 15) is 14.0 Å². The number of nitriles is 1. The van der Waals surface area contributed by atoms with Gasteiger partial charge in [0.25, 0.3) is 0 Å². The number of rotatable bonds is 5. The maximum Gasteiger partial charge on any atom is 0.130 e. The van der Waals surface area contributed by atoms with E-state index in [1.165, 1.54) is 18.2 Å². The largest absolute Gasteiger partial charge is 0.369 e. The van der Waals surface area contributed by atoms with E-state index in [2.05, 4.69) is 37.1 Å². The summed E-state index contributed by atoms with van der Waals surface area (Å²) in [6, 6.07) is 8.23. The molecule has 1 saturated heterocycles. The third kappa shape index (κ3) is 4.05. The fraction of sp³-hybridized carbons (Fsp3) is 0.286. The van der Waals surface area contributed by atoms with Crippen LogP contribution in [0.3, 0.4) is 0 Å². The molecule has 1 aromatic carbocycles. The minimum absolute atomic E-state index is 0.111. The van der Waals surface area contributed by atoms with Crippen LogP contribution in [0.1, 0.15) is 27.9 Å². The molecule has 0 aliphatic carbocycles. The molecule has 1 fully saturated rings. The lowest BCUT2D eigenvalue weighted by Crippen LogP contribution is -2.47. The van der Waals surface area contributed by atoms with Crippen LogP contribution in [0.15, 0.2) is 61.3 Å². The number of aryl methyl sites for hydroxylation is 1. The molecule has 5 heterocycles. The molecule has 1 atom stereocenters. The second-order valence-corrected chi connectivity index (χ2v) is 9.78. The Morgan fingerprint density at radius 2 is 1.82 bits per heavy atom. The van der Waals surface area contributed by atoms with E-state index in [0.717, 1.165) is 22.5 Å². The Kier molecular flexibility index (Phi) is 6.00. The van der Waals surface area contributed by atoms with Crippen LogP contribution in [0.5, 0.6) is 0 Å². The van der Waals surface area contributed by atoms with E-state index in [0.29, 0.717) is 38.3 Å². The smallest absolute Gasteiger partial charge is 0.130 e. The summed E-state index contributed by atoms with van der Waals surface area (Å²) >= 11 is 0. The molecule has 38 heavy (non-hydrogen) atoms. The molecule has 0 amide bonds. The molecule has 0 spiro atoms. The number of aromatic nitrogens is 5. The Balaban J connectivity index is 1.32. The van der Waals surface area contributed by atoms with Crippen molar-refractivity contribution in [3.63, 3.8) is 0 Å². The molecular formula is C28H26F2N8.